The fourth-order valence-electron chi connectivity index (χ4n) is 4.66. The number of rotatable bonds is 12. The van der Waals surface area contributed by atoms with E-state index in [1.807, 2.05) is 11.8 Å². The number of nitrogens with zero attached hydrogens (tertiary/aromatic N) is 5. The average Bonchev–Trinajstić information content (AvgIpc) is 3.36. The van der Waals surface area contributed by atoms with E-state index >= 15 is 4.39 Å². The number of aliphatic hydroxyl groups is 1. The summed E-state index contributed by atoms with van der Waals surface area (Å²) < 4.78 is 15.3. The number of β-amino-alcohol motifs (C(OH)–C–C–N with tert-alkyl or cyclic N) is 1. The Balaban J connectivity index is 1.69. The van der Waals surface area contributed by atoms with Gasteiger partial charge in [0.15, 0.2) is 11.6 Å². The van der Waals surface area contributed by atoms with Crippen molar-refractivity contribution in [1.29, 1.82) is 0 Å². The molecule has 12 heteroatoms. The van der Waals surface area contributed by atoms with E-state index in [1.54, 1.807) is 0 Å². The second-order valence-corrected chi connectivity index (χ2v) is 8.96. The lowest BCUT2D eigenvalue weighted by molar-refractivity contribution is -0.154. The van der Waals surface area contributed by atoms with E-state index in [1.165, 1.54) is 0 Å². The summed E-state index contributed by atoms with van der Waals surface area (Å²) in [7, 11) is 0. The van der Waals surface area contributed by atoms with Gasteiger partial charge in [-0.1, -0.05) is 32.6 Å². The number of amides is 2. The molecule has 2 fully saturated rings. The summed E-state index contributed by atoms with van der Waals surface area (Å²) in [5, 5.41) is 19.2. The van der Waals surface area contributed by atoms with Gasteiger partial charge in [0, 0.05) is 39.1 Å². The smallest absolute Gasteiger partial charge is 0.243 e. The fraction of sp³-hybridized carbons (Fsp3) is 0.727. The van der Waals surface area contributed by atoms with Gasteiger partial charge in [-0.3, -0.25) is 30.5 Å². The summed E-state index contributed by atoms with van der Waals surface area (Å²) >= 11 is 0. The van der Waals surface area contributed by atoms with Crippen LogP contribution in [0.2, 0.25) is 0 Å². The molecule has 1 saturated carbocycles. The molecule has 1 aromatic rings. The molecule has 0 radical (unpaired) electrons. The molecule has 1 saturated heterocycles. The van der Waals surface area contributed by atoms with E-state index in [4.69, 9.17) is 5.11 Å². The summed E-state index contributed by atoms with van der Waals surface area (Å²) in [6.07, 6.45) is 5.54. The predicted octanol–water partition coefficient (Wildman–Crippen LogP) is 0.780. The van der Waals surface area contributed by atoms with Crippen molar-refractivity contribution in [3.8, 4) is 0 Å². The normalized spacial score (nSPS) is 18.1. The number of carbonyl (C=O) groups excluding carboxylic acids is 2. The Hall–Kier alpha value is -2.57. The number of anilines is 2. The van der Waals surface area contributed by atoms with Gasteiger partial charge in [0.05, 0.1) is 19.1 Å². The number of hydrazine groups is 1. The molecular weight excluding hydrogens is 445 g/mol. The highest BCUT2D eigenvalue weighted by Crippen LogP contribution is 2.31. The molecule has 2 heterocycles. The van der Waals surface area contributed by atoms with Crippen LogP contribution in [-0.4, -0.2) is 88.4 Å². The minimum atomic E-state index is -0.655. The van der Waals surface area contributed by atoms with Crippen molar-refractivity contribution in [2.45, 2.75) is 45.4 Å². The van der Waals surface area contributed by atoms with Gasteiger partial charge in [-0.15, -0.1) is 0 Å². The van der Waals surface area contributed by atoms with Crippen LogP contribution >= 0.6 is 0 Å². The van der Waals surface area contributed by atoms with Crippen molar-refractivity contribution in [3.05, 3.63) is 11.6 Å². The van der Waals surface area contributed by atoms with Crippen molar-refractivity contribution < 1.29 is 24.3 Å². The largest absolute Gasteiger partial charge is 0.395 e. The zero-order valence-corrected chi connectivity index (χ0v) is 19.7. The molecule has 190 valence electrons. The zero-order valence-electron chi connectivity index (χ0n) is 19.7. The molecule has 2 aliphatic rings. The number of aryl methyl sites for hydroxylation is 1. The third-order valence-corrected chi connectivity index (χ3v) is 6.58. The van der Waals surface area contributed by atoms with Crippen LogP contribution in [0.3, 0.4) is 0 Å². The molecule has 1 atom stereocenters. The third kappa shape index (κ3) is 6.97. The number of hydroxylamine groups is 2. The lowest BCUT2D eigenvalue weighted by Crippen LogP contribution is -2.48. The zero-order chi connectivity index (χ0) is 24.5. The number of carbonyl (C=O) groups is 2. The molecule has 0 spiro atoms. The molecule has 34 heavy (non-hydrogen) atoms. The lowest BCUT2D eigenvalue weighted by Gasteiger charge is -2.35. The second kappa shape index (κ2) is 12.8. The van der Waals surface area contributed by atoms with E-state index in [0.717, 1.165) is 25.7 Å². The SMILES string of the molecule is CCc1nc(NNC(=O)C(CC2CCCC2)CN(O)C=O)c(F)c(N2CCN(CCO)CC2)n1. The third-order valence-electron chi connectivity index (χ3n) is 6.58. The van der Waals surface area contributed by atoms with Crippen LogP contribution < -0.4 is 15.8 Å². The van der Waals surface area contributed by atoms with Crippen LogP contribution in [0.4, 0.5) is 16.0 Å². The second-order valence-electron chi connectivity index (χ2n) is 8.96. The molecule has 11 nitrogen and oxygen atoms in total. The first kappa shape index (κ1) is 26.0. The highest BCUT2D eigenvalue weighted by Gasteiger charge is 2.28. The molecule has 1 aromatic heterocycles. The molecule has 1 aliphatic carbocycles. The molecule has 4 N–H and O–H groups in total. The molecule has 0 aromatic carbocycles. The maximum Gasteiger partial charge on any atom is 0.243 e. The maximum absolute atomic E-state index is 15.3. The average molecular weight is 482 g/mol. The first-order chi connectivity index (χ1) is 16.4. The van der Waals surface area contributed by atoms with Gasteiger partial charge in [-0.2, -0.15) is 4.39 Å². The Morgan fingerprint density at radius 3 is 2.59 bits per heavy atom. The molecule has 0 bridgehead atoms. The standard InChI is InChI=1S/C22H36FN7O4/c1-2-18-24-20(19(23)21(25-18)29-9-7-28(8-10-29)11-12-31)26-27-22(33)17(14-30(34)15-32)13-16-5-3-4-6-16/h15-17,31,34H,2-14H2,1H3,(H,27,33)(H,24,25,26). The van der Waals surface area contributed by atoms with Gasteiger partial charge in [0.25, 0.3) is 0 Å². The number of aliphatic hydroxyl groups excluding tert-OH is 1. The Bertz CT molecular complexity index is 817. The van der Waals surface area contributed by atoms with Crippen LogP contribution in [0.5, 0.6) is 0 Å². The minimum absolute atomic E-state index is 0.0816. The summed E-state index contributed by atoms with van der Waals surface area (Å²) in [6.45, 7) is 4.88. The molecular formula is C22H36FN7O4. The number of nitrogens with one attached hydrogen (secondary N) is 2. The van der Waals surface area contributed by atoms with Gasteiger partial charge >= 0.3 is 0 Å². The maximum atomic E-state index is 15.3. The topological polar surface area (TPSA) is 134 Å². The van der Waals surface area contributed by atoms with E-state index in [0.29, 0.717) is 62.4 Å². The van der Waals surface area contributed by atoms with E-state index in [-0.39, 0.29) is 31.2 Å². The Kier molecular flexibility index (Phi) is 9.78. The van der Waals surface area contributed by atoms with Crippen LogP contribution in [0, 0.1) is 17.7 Å². The summed E-state index contributed by atoms with van der Waals surface area (Å²) in [5.74, 6) is -0.882. The summed E-state index contributed by atoms with van der Waals surface area (Å²) in [5.41, 5.74) is 5.13. The number of hydrogen-bond donors (Lipinski definition) is 4. The van der Waals surface area contributed by atoms with Crippen molar-refractivity contribution >= 4 is 24.0 Å². The number of piperazine rings is 1. The van der Waals surface area contributed by atoms with Crippen LogP contribution in [0.1, 0.15) is 44.9 Å². The molecule has 2 amide bonds. The van der Waals surface area contributed by atoms with Gasteiger partial charge in [-0.05, 0) is 12.3 Å². The van der Waals surface area contributed by atoms with Gasteiger partial charge in [0.2, 0.25) is 18.1 Å². The van der Waals surface area contributed by atoms with Crippen molar-refractivity contribution in [3.63, 3.8) is 0 Å². The highest BCUT2D eigenvalue weighted by molar-refractivity contribution is 5.80. The Labute approximate surface area is 199 Å². The number of halogens is 1. The van der Waals surface area contributed by atoms with Crippen LogP contribution in [0.15, 0.2) is 0 Å². The first-order valence-corrected chi connectivity index (χ1v) is 12.1. The van der Waals surface area contributed by atoms with Gasteiger partial charge in [-0.25, -0.2) is 15.0 Å². The van der Waals surface area contributed by atoms with E-state index in [9.17, 15) is 14.8 Å². The van der Waals surface area contributed by atoms with E-state index in [2.05, 4.69) is 25.7 Å². The first-order valence-electron chi connectivity index (χ1n) is 12.1. The monoisotopic (exact) mass is 481 g/mol. The Morgan fingerprint density at radius 1 is 1.26 bits per heavy atom. The summed E-state index contributed by atoms with van der Waals surface area (Å²) in [6, 6.07) is 0. The lowest BCUT2D eigenvalue weighted by atomic mass is 9.92. The van der Waals surface area contributed by atoms with Crippen LogP contribution in [0.25, 0.3) is 0 Å². The molecule has 1 aliphatic heterocycles. The minimum Gasteiger partial charge on any atom is -0.395 e. The fourth-order valence-corrected chi connectivity index (χ4v) is 4.66. The van der Waals surface area contributed by atoms with E-state index < -0.39 is 17.6 Å². The van der Waals surface area contributed by atoms with Crippen molar-refractivity contribution in [2.24, 2.45) is 11.8 Å². The van der Waals surface area contributed by atoms with Gasteiger partial charge < -0.3 is 10.0 Å². The number of hydrogen-bond acceptors (Lipinski definition) is 9. The predicted molar refractivity (Wildman–Crippen MR) is 123 cm³/mol. The van der Waals surface area contributed by atoms with Gasteiger partial charge in [0.1, 0.15) is 5.82 Å². The Morgan fingerprint density at radius 2 is 1.97 bits per heavy atom. The molecule has 1 unspecified atom stereocenters. The quantitative estimate of drug-likeness (QED) is 0.194. The number of aromatic nitrogens is 2. The highest BCUT2D eigenvalue weighted by atomic mass is 19.1. The summed E-state index contributed by atoms with van der Waals surface area (Å²) in [4.78, 5) is 36.3. The van der Waals surface area contributed by atoms with Crippen LogP contribution in [-0.2, 0) is 16.0 Å². The van der Waals surface area contributed by atoms with Crippen molar-refractivity contribution in [1.82, 2.24) is 25.4 Å². The van der Waals surface area contributed by atoms with Crippen molar-refractivity contribution in [2.75, 3.05) is 56.2 Å². The molecule has 3 rings (SSSR count).